The van der Waals surface area contributed by atoms with Crippen molar-refractivity contribution in [1.29, 1.82) is 0 Å². The van der Waals surface area contributed by atoms with Crippen molar-refractivity contribution in [1.82, 2.24) is 15.0 Å². The number of imidazole rings is 1. The van der Waals surface area contributed by atoms with Crippen LogP contribution in [0.25, 0.3) is 22.4 Å². The smallest absolute Gasteiger partial charge is 0.261 e. The van der Waals surface area contributed by atoms with Crippen LogP contribution in [-0.4, -0.2) is 32.7 Å². The van der Waals surface area contributed by atoms with Crippen molar-refractivity contribution >= 4 is 16.7 Å². The van der Waals surface area contributed by atoms with Crippen molar-refractivity contribution in [2.75, 3.05) is 11.9 Å². The quantitative estimate of drug-likeness (QED) is 0.425. The first-order chi connectivity index (χ1) is 13.2. The van der Waals surface area contributed by atoms with E-state index < -0.39 is 0 Å². The van der Waals surface area contributed by atoms with Gasteiger partial charge in [0.25, 0.3) is 5.56 Å². The molecule has 2 aromatic carbocycles. The van der Waals surface area contributed by atoms with Gasteiger partial charge in [-0.05, 0) is 30.2 Å². The summed E-state index contributed by atoms with van der Waals surface area (Å²) in [7, 11) is 0. The van der Waals surface area contributed by atoms with Crippen molar-refractivity contribution in [3.05, 3.63) is 82.8 Å². The number of anilines is 1. The van der Waals surface area contributed by atoms with Crippen LogP contribution < -0.4 is 10.9 Å². The summed E-state index contributed by atoms with van der Waals surface area (Å²) in [6.07, 6.45) is 2.23. The Kier molecular flexibility index (Phi) is 4.72. The highest BCUT2D eigenvalue weighted by Crippen LogP contribution is 2.25. The van der Waals surface area contributed by atoms with Crippen LogP contribution in [0.4, 0.5) is 5.69 Å². The highest BCUT2D eigenvalue weighted by molar-refractivity contribution is 5.82. The lowest BCUT2D eigenvalue weighted by atomic mass is 10.1. The van der Waals surface area contributed by atoms with E-state index >= 15 is 0 Å². The fraction of sp³-hybridized carbons (Fsp3) is 0.143. The molecule has 2 aromatic heterocycles. The summed E-state index contributed by atoms with van der Waals surface area (Å²) in [5.41, 5.74) is 3.59. The number of aromatic nitrogens is 3. The van der Waals surface area contributed by atoms with Gasteiger partial charge in [-0.3, -0.25) is 4.79 Å². The molecule has 0 saturated heterocycles. The molecule has 0 bridgehead atoms. The highest BCUT2D eigenvalue weighted by Gasteiger charge is 2.17. The maximum atomic E-state index is 12.5. The SMILES string of the molecule is O=c1[nH]ccc(N[C@@H](CO)Cc2ccccc2)c1-c1nc2ccccc2[nH]1. The normalized spacial score (nSPS) is 12.2. The number of hydrogen-bond donors (Lipinski definition) is 4. The minimum Gasteiger partial charge on any atom is -0.394 e. The predicted octanol–water partition coefficient (Wildman–Crippen LogP) is 2.93. The standard InChI is InChI=1S/C21H20N4O2/c26-13-15(12-14-6-2-1-3-7-14)23-18-10-11-22-21(27)19(18)20-24-16-8-4-5-9-17(16)25-20/h1-11,15,26H,12-13H2,(H,24,25)(H2,22,23,27)/t15-/m1/s1. The summed E-state index contributed by atoms with van der Waals surface area (Å²) in [6.45, 7) is -0.0543. The van der Waals surface area contributed by atoms with Crippen LogP contribution in [0.2, 0.25) is 0 Å². The van der Waals surface area contributed by atoms with E-state index in [1.165, 1.54) is 0 Å². The first kappa shape index (κ1) is 17.1. The Morgan fingerprint density at radius 2 is 1.81 bits per heavy atom. The van der Waals surface area contributed by atoms with Gasteiger partial charge in [0, 0.05) is 6.20 Å². The Morgan fingerprint density at radius 1 is 1.04 bits per heavy atom. The van der Waals surface area contributed by atoms with Crippen LogP contribution in [0.5, 0.6) is 0 Å². The molecule has 0 aliphatic carbocycles. The van der Waals surface area contributed by atoms with Gasteiger partial charge in [0.1, 0.15) is 11.4 Å². The number of aliphatic hydroxyl groups is 1. The molecule has 1 atom stereocenters. The van der Waals surface area contributed by atoms with Crippen LogP contribution in [0.15, 0.2) is 71.7 Å². The summed E-state index contributed by atoms with van der Waals surface area (Å²) < 4.78 is 0. The Hall–Kier alpha value is -3.38. The average molecular weight is 360 g/mol. The molecule has 27 heavy (non-hydrogen) atoms. The third kappa shape index (κ3) is 3.61. The number of pyridine rings is 1. The molecule has 6 heteroatoms. The van der Waals surface area contributed by atoms with Gasteiger partial charge < -0.3 is 20.4 Å². The van der Waals surface area contributed by atoms with E-state index in [1.807, 2.05) is 54.6 Å². The van der Waals surface area contributed by atoms with Gasteiger partial charge >= 0.3 is 0 Å². The van der Waals surface area contributed by atoms with E-state index in [1.54, 1.807) is 12.3 Å². The van der Waals surface area contributed by atoms with Crippen LogP contribution in [0.3, 0.4) is 0 Å². The van der Waals surface area contributed by atoms with E-state index in [2.05, 4.69) is 20.3 Å². The van der Waals surface area contributed by atoms with Gasteiger partial charge in [0.2, 0.25) is 0 Å². The Bertz CT molecular complexity index is 1070. The highest BCUT2D eigenvalue weighted by atomic mass is 16.3. The molecule has 0 aliphatic heterocycles. The molecule has 0 unspecified atom stereocenters. The molecule has 2 heterocycles. The van der Waals surface area contributed by atoms with E-state index in [4.69, 9.17) is 0 Å². The van der Waals surface area contributed by atoms with E-state index in [0.29, 0.717) is 23.5 Å². The number of H-pyrrole nitrogens is 2. The predicted molar refractivity (Wildman–Crippen MR) is 107 cm³/mol. The monoisotopic (exact) mass is 360 g/mol. The number of nitrogens with zero attached hydrogens (tertiary/aromatic N) is 1. The zero-order valence-corrected chi connectivity index (χ0v) is 14.6. The molecule has 0 spiro atoms. The van der Waals surface area contributed by atoms with Crippen LogP contribution in [0.1, 0.15) is 5.56 Å². The number of hydrogen-bond acceptors (Lipinski definition) is 4. The van der Waals surface area contributed by atoms with Crippen LogP contribution in [-0.2, 0) is 6.42 Å². The molecule has 4 N–H and O–H groups in total. The first-order valence-electron chi connectivity index (χ1n) is 8.83. The molecule has 4 rings (SSSR count). The second-order valence-electron chi connectivity index (χ2n) is 6.41. The Balaban J connectivity index is 1.69. The Labute approximate surface area is 155 Å². The van der Waals surface area contributed by atoms with Crippen molar-refractivity contribution in [2.45, 2.75) is 12.5 Å². The summed E-state index contributed by atoms with van der Waals surface area (Å²) in [5, 5.41) is 13.1. The molecule has 0 amide bonds. The van der Waals surface area contributed by atoms with E-state index in [0.717, 1.165) is 16.6 Å². The van der Waals surface area contributed by atoms with Crippen molar-refractivity contribution in [3.8, 4) is 11.4 Å². The van der Waals surface area contributed by atoms with Gasteiger partial charge in [0.05, 0.1) is 29.4 Å². The third-order valence-corrected chi connectivity index (χ3v) is 4.49. The fourth-order valence-electron chi connectivity index (χ4n) is 3.18. The number of aliphatic hydroxyl groups excluding tert-OH is 1. The van der Waals surface area contributed by atoms with Crippen molar-refractivity contribution in [3.63, 3.8) is 0 Å². The topological polar surface area (TPSA) is 93.8 Å². The maximum Gasteiger partial charge on any atom is 0.261 e. The van der Waals surface area contributed by atoms with Gasteiger partial charge in [0.15, 0.2) is 0 Å². The summed E-state index contributed by atoms with van der Waals surface area (Å²) >= 11 is 0. The zero-order valence-electron chi connectivity index (χ0n) is 14.6. The summed E-state index contributed by atoms with van der Waals surface area (Å²) in [4.78, 5) is 23.0. The lowest BCUT2D eigenvalue weighted by Crippen LogP contribution is -2.28. The Morgan fingerprint density at radius 3 is 2.59 bits per heavy atom. The molecular formula is C21H20N4O2. The van der Waals surface area contributed by atoms with Crippen molar-refractivity contribution in [2.24, 2.45) is 0 Å². The second-order valence-corrected chi connectivity index (χ2v) is 6.41. The second kappa shape index (κ2) is 7.47. The van der Waals surface area contributed by atoms with Gasteiger partial charge in [-0.25, -0.2) is 4.98 Å². The minimum atomic E-state index is -0.240. The average Bonchev–Trinajstić information content (AvgIpc) is 3.12. The van der Waals surface area contributed by atoms with Gasteiger partial charge in [-0.1, -0.05) is 42.5 Å². The molecule has 4 aromatic rings. The summed E-state index contributed by atoms with van der Waals surface area (Å²) in [5.74, 6) is 0.497. The van der Waals surface area contributed by atoms with Crippen molar-refractivity contribution < 1.29 is 5.11 Å². The number of rotatable bonds is 6. The molecule has 136 valence electrons. The maximum absolute atomic E-state index is 12.5. The third-order valence-electron chi connectivity index (χ3n) is 4.49. The molecule has 0 radical (unpaired) electrons. The summed E-state index contributed by atoms with van der Waals surface area (Å²) in [6, 6.07) is 19.1. The number of nitrogens with one attached hydrogen (secondary N) is 3. The molecular weight excluding hydrogens is 340 g/mol. The van der Waals surface area contributed by atoms with Crippen LogP contribution >= 0.6 is 0 Å². The molecule has 0 aliphatic rings. The van der Waals surface area contributed by atoms with Gasteiger partial charge in [-0.2, -0.15) is 0 Å². The molecule has 6 nitrogen and oxygen atoms in total. The fourth-order valence-corrected chi connectivity index (χ4v) is 3.18. The minimum absolute atomic E-state index is 0.0543. The number of benzene rings is 2. The largest absolute Gasteiger partial charge is 0.394 e. The zero-order chi connectivity index (χ0) is 18.6. The lowest BCUT2D eigenvalue weighted by Gasteiger charge is -2.19. The van der Waals surface area contributed by atoms with Crippen LogP contribution in [0, 0.1) is 0 Å². The van der Waals surface area contributed by atoms with E-state index in [9.17, 15) is 9.90 Å². The molecule has 0 saturated carbocycles. The number of aromatic amines is 2. The lowest BCUT2D eigenvalue weighted by molar-refractivity contribution is 0.274. The molecule has 0 fully saturated rings. The first-order valence-corrected chi connectivity index (χ1v) is 8.83. The number of para-hydroxylation sites is 2. The van der Waals surface area contributed by atoms with Gasteiger partial charge in [-0.15, -0.1) is 0 Å². The number of fused-ring (bicyclic) bond motifs is 1. The van der Waals surface area contributed by atoms with E-state index in [-0.39, 0.29) is 18.2 Å².